The molecule has 8 heteroatoms. The Labute approximate surface area is 145 Å². The molecule has 1 aliphatic heterocycles. The fourth-order valence-corrected chi connectivity index (χ4v) is 2.94. The smallest absolute Gasteiger partial charge is 0.324 e. The molecule has 8 nitrogen and oxygen atoms in total. The second-order valence-electron chi connectivity index (χ2n) is 6.17. The van der Waals surface area contributed by atoms with E-state index in [0.717, 1.165) is 19.3 Å². The highest BCUT2D eigenvalue weighted by Gasteiger charge is 2.37. The molecule has 1 saturated heterocycles. The van der Waals surface area contributed by atoms with E-state index in [-0.39, 0.29) is 25.3 Å². The fourth-order valence-electron chi connectivity index (χ4n) is 2.94. The third kappa shape index (κ3) is 5.60. The van der Waals surface area contributed by atoms with Crippen molar-refractivity contribution >= 4 is 17.9 Å². The number of hydrogen-bond acceptors (Lipinski definition) is 5. The number of carbonyl (C=O) groups excluding carboxylic acids is 2. The van der Waals surface area contributed by atoms with Crippen molar-refractivity contribution < 1.29 is 29.0 Å². The molecule has 0 aromatic carbocycles. The van der Waals surface area contributed by atoms with Crippen LogP contribution in [0, 0.1) is 0 Å². The molecule has 2 atom stereocenters. The molecule has 0 aliphatic carbocycles. The number of carboxylic acid groups (broad SMARTS) is 1. The SMILES string of the molecule is O=C(O)CCCCCCC1C(=O)NC(=O)N1CCC(O)c1ccco1. The molecule has 2 unspecified atom stereocenters. The first-order chi connectivity index (χ1) is 12.0. The van der Waals surface area contributed by atoms with Crippen LogP contribution >= 0.6 is 0 Å². The number of nitrogens with one attached hydrogen (secondary N) is 1. The van der Waals surface area contributed by atoms with Crippen molar-refractivity contribution in [1.29, 1.82) is 0 Å². The number of unbranched alkanes of at least 4 members (excludes halogenated alkanes) is 3. The van der Waals surface area contributed by atoms with E-state index >= 15 is 0 Å². The first-order valence-electron chi connectivity index (χ1n) is 8.53. The summed E-state index contributed by atoms with van der Waals surface area (Å²) in [7, 11) is 0. The Kier molecular flexibility index (Phi) is 7.00. The molecule has 2 heterocycles. The fraction of sp³-hybridized carbons (Fsp3) is 0.588. The summed E-state index contributed by atoms with van der Waals surface area (Å²) in [5.41, 5.74) is 0. The van der Waals surface area contributed by atoms with Crippen LogP contribution in [0.25, 0.3) is 0 Å². The molecular formula is C17H24N2O6. The van der Waals surface area contributed by atoms with Gasteiger partial charge < -0.3 is 19.5 Å². The number of imide groups is 1. The predicted molar refractivity (Wildman–Crippen MR) is 87.7 cm³/mol. The third-order valence-corrected chi connectivity index (χ3v) is 4.30. The van der Waals surface area contributed by atoms with Crippen LogP contribution in [-0.4, -0.2) is 45.6 Å². The summed E-state index contributed by atoms with van der Waals surface area (Å²) in [5.74, 6) is -0.689. The zero-order chi connectivity index (χ0) is 18.2. The maximum atomic E-state index is 11.9. The van der Waals surface area contributed by atoms with E-state index in [1.54, 1.807) is 12.1 Å². The van der Waals surface area contributed by atoms with Crippen LogP contribution in [0.3, 0.4) is 0 Å². The first kappa shape index (κ1) is 19.0. The van der Waals surface area contributed by atoms with Crippen molar-refractivity contribution in [2.24, 2.45) is 0 Å². The third-order valence-electron chi connectivity index (χ3n) is 4.30. The molecule has 0 bridgehead atoms. The summed E-state index contributed by atoms with van der Waals surface area (Å²) in [6, 6.07) is 2.37. The highest BCUT2D eigenvalue weighted by molar-refractivity contribution is 6.04. The lowest BCUT2D eigenvalue weighted by molar-refractivity contribution is -0.137. The summed E-state index contributed by atoms with van der Waals surface area (Å²) in [6.07, 6.45) is 4.56. The van der Waals surface area contributed by atoms with Gasteiger partial charge in [-0.2, -0.15) is 0 Å². The Hall–Kier alpha value is -2.35. The second-order valence-corrected chi connectivity index (χ2v) is 6.17. The van der Waals surface area contributed by atoms with Crippen molar-refractivity contribution in [3.05, 3.63) is 24.2 Å². The van der Waals surface area contributed by atoms with Gasteiger partial charge >= 0.3 is 12.0 Å². The van der Waals surface area contributed by atoms with E-state index in [1.807, 2.05) is 0 Å². The molecule has 1 aromatic heterocycles. The summed E-state index contributed by atoms with van der Waals surface area (Å²) in [6.45, 7) is 0.253. The van der Waals surface area contributed by atoms with E-state index in [0.29, 0.717) is 18.6 Å². The standard InChI is InChI=1S/C17H24N2O6/c20-13(14-7-5-11-25-14)9-10-19-12(16(23)18-17(19)24)6-3-1-2-4-8-15(21)22/h5,7,11-13,20H,1-4,6,8-10H2,(H,21,22)(H,18,23,24). The van der Waals surface area contributed by atoms with Crippen LogP contribution in [0.5, 0.6) is 0 Å². The molecular weight excluding hydrogens is 328 g/mol. The number of furan rings is 1. The number of nitrogens with zero attached hydrogens (tertiary/aromatic N) is 1. The van der Waals surface area contributed by atoms with E-state index in [4.69, 9.17) is 9.52 Å². The molecule has 0 radical (unpaired) electrons. The minimum absolute atomic E-state index is 0.152. The number of hydrogen-bond donors (Lipinski definition) is 3. The molecule has 25 heavy (non-hydrogen) atoms. The molecule has 0 spiro atoms. The topological polar surface area (TPSA) is 120 Å². The van der Waals surface area contributed by atoms with Crippen LogP contribution < -0.4 is 5.32 Å². The van der Waals surface area contributed by atoms with E-state index in [1.165, 1.54) is 11.2 Å². The zero-order valence-electron chi connectivity index (χ0n) is 14.0. The van der Waals surface area contributed by atoms with Crippen molar-refractivity contribution in [3.8, 4) is 0 Å². The highest BCUT2D eigenvalue weighted by Crippen LogP contribution is 2.21. The maximum absolute atomic E-state index is 11.9. The van der Waals surface area contributed by atoms with Gasteiger partial charge in [0.05, 0.1) is 6.26 Å². The number of urea groups is 1. The van der Waals surface area contributed by atoms with Gasteiger partial charge in [-0.15, -0.1) is 0 Å². The minimum Gasteiger partial charge on any atom is -0.481 e. The van der Waals surface area contributed by atoms with Gasteiger partial charge in [-0.1, -0.05) is 19.3 Å². The first-order valence-corrected chi connectivity index (χ1v) is 8.53. The molecule has 1 aromatic rings. The van der Waals surface area contributed by atoms with Gasteiger partial charge in [-0.05, 0) is 31.4 Å². The maximum Gasteiger partial charge on any atom is 0.324 e. The molecule has 3 N–H and O–H groups in total. The summed E-state index contributed by atoms with van der Waals surface area (Å²) >= 11 is 0. The van der Waals surface area contributed by atoms with Crippen molar-refractivity contribution in [3.63, 3.8) is 0 Å². The van der Waals surface area contributed by atoms with Crippen molar-refractivity contribution in [2.75, 3.05) is 6.54 Å². The zero-order valence-corrected chi connectivity index (χ0v) is 14.0. The van der Waals surface area contributed by atoms with Crippen LogP contribution in [0.15, 0.2) is 22.8 Å². The van der Waals surface area contributed by atoms with E-state index in [2.05, 4.69) is 5.32 Å². The van der Waals surface area contributed by atoms with E-state index in [9.17, 15) is 19.5 Å². The molecule has 2 rings (SSSR count). The Bertz CT molecular complexity index is 586. The number of rotatable bonds is 11. The summed E-state index contributed by atoms with van der Waals surface area (Å²) in [5, 5.41) is 20.9. The van der Waals surface area contributed by atoms with Gasteiger partial charge in [-0.25, -0.2) is 4.79 Å². The number of aliphatic carboxylic acids is 1. The van der Waals surface area contributed by atoms with Crippen LogP contribution in [0.2, 0.25) is 0 Å². The molecule has 1 fully saturated rings. The average Bonchev–Trinajstić information content (AvgIpc) is 3.17. The van der Waals surface area contributed by atoms with Gasteiger partial charge in [-0.3, -0.25) is 14.9 Å². The average molecular weight is 352 g/mol. The van der Waals surface area contributed by atoms with Crippen LogP contribution in [0.1, 0.15) is 56.8 Å². The van der Waals surface area contributed by atoms with Gasteiger partial charge in [0.1, 0.15) is 17.9 Å². The molecule has 3 amide bonds. The quantitative estimate of drug-likeness (QED) is 0.414. The lowest BCUT2D eigenvalue weighted by atomic mass is 10.0. The van der Waals surface area contributed by atoms with Gasteiger partial charge in [0.15, 0.2) is 0 Å². The van der Waals surface area contributed by atoms with Crippen LogP contribution in [0.4, 0.5) is 4.79 Å². The van der Waals surface area contributed by atoms with Crippen molar-refractivity contribution in [1.82, 2.24) is 10.2 Å². The Morgan fingerprint density at radius 3 is 2.72 bits per heavy atom. The second kappa shape index (κ2) is 9.22. The van der Waals surface area contributed by atoms with Gasteiger partial charge in [0.25, 0.3) is 5.91 Å². The lowest BCUT2D eigenvalue weighted by Gasteiger charge is -2.22. The number of aliphatic hydroxyl groups is 1. The Balaban J connectivity index is 1.76. The monoisotopic (exact) mass is 352 g/mol. The number of carboxylic acids is 1. The van der Waals surface area contributed by atoms with Crippen molar-refractivity contribution in [2.45, 2.75) is 57.1 Å². The predicted octanol–water partition coefficient (Wildman–Crippen LogP) is 2.05. The summed E-state index contributed by atoms with van der Waals surface area (Å²) in [4.78, 5) is 35.8. The molecule has 138 valence electrons. The molecule has 0 saturated carbocycles. The van der Waals surface area contributed by atoms with E-state index < -0.39 is 24.1 Å². The Morgan fingerprint density at radius 2 is 2.04 bits per heavy atom. The van der Waals surface area contributed by atoms with Crippen LogP contribution in [-0.2, 0) is 9.59 Å². The van der Waals surface area contributed by atoms with Gasteiger partial charge in [0.2, 0.25) is 0 Å². The lowest BCUT2D eigenvalue weighted by Crippen LogP contribution is -2.36. The Morgan fingerprint density at radius 1 is 1.28 bits per heavy atom. The van der Waals surface area contributed by atoms with Gasteiger partial charge in [0, 0.05) is 13.0 Å². The largest absolute Gasteiger partial charge is 0.481 e. The number of amides is 3. The number of aliphatic hydroxyl groups excluding tert-OH is 1. The summed E-state index contributed by atoms with van der Waals surface area (Å²) < 4.78 is 5.13. The minimum atomic E-state index is -0.824. The molecule has 1 aliphatic rings. The normalized spacial score (nSPS) is 18.4. The highest BCUT2D eigenvalue weighted by atomic mass is 16.4. The number of carbonyl (C=O) groups is 3.